The van der Waals surface area contributed by atoms with Gasteiger partial charge in [0, 0.05) is 18.0 Å². The van der Waals surface area contributed by atoms with E-state index in [2.05, 4.69) is 5.32 Å². The Morgan fingerprint density at radius 2 is 2.28 bits per heavy atom. The number of anilines is 1. The second kappa shape index (κ2) is 5.08. The zero-order chi connectivity index (χ0) is 13.1. The third-order valence-electron chi connectivity index (χ3n) is 2.89. The van der Waals surface area contributed by atoms with Crippen LogP contribution in [0.25, 0.3) is 0 Å². The first kappa shape index (κ1) is 12.4. The highest BCUT2D eigenvalue weighted by atomic mass is 16.5. The summed E-state index contributed by atoms with van der Waals surface area (Å²) in [6.45, 7) is 2.27. The first-order valence-corrected chi connectivity index (χ1v) is 5.84. The van der Waals surface area contributed by atoms with Crippen LogP contribution in [0.15, 0.2) is 18.2 Å². The van der Waals surface area contributed by atoms with Crippen LogP contribution in [0.5, 0.6) is 5.75 Å². The highest BCUT2D eigenvalue weighted by Crippen LogP contribution is 2.28. The van der Waals surface area contributed by atoms with Gasteiger partial charge < -0.3 is 15.2 Å². The Hall–Kier alpha value is -2.04. The molecule has 1 aliphatic rings. The van der Waals surface area contributed by atoms with E-state index < -0.39 is 11.9 Å². The first-order chi connectivity index (χ1) is 8.56. The van der Waals surface area contributed by atoms with E-state index in [9.17, 15) is 9.59 Å². The normalized spacial score (nSPS) is 14.5. The van der Waals surface area contributed by atoms with E-state index in [0.29, 0.717) is 12.3 Å². The molecule has 0 aliphatic carbocycles. The molecular formula is C13H15NO4. The summed E-state index contributed by atoms with van der Waals surface area (Å²) in [6, 6.07) is 5.45. The van der Waals surface area contributed by atoms with Crippen LogP contribution in [-0.4, -0.2) is 23.6 Å². The first-order valence-electron chi connectivity index (χ1n) is 5.84. The van der Waals surface area contributed by atoms with Crippen molar-refractivity contribution in [1.29, 1.82) is 0 Å². The number of nitrogens with one attached hydrogen (secondary N) is 1. The average Bonchev–Trinajstić information content (AvgIpc) is 2.75. The van der Waals surface area contributed by atoms with E-state index in [-0.39, 0.29) is 12.3 Å². The molecular weight excluding hydrogens is 234 g/mol. The molecule has 0 saturated carbocycles. The van der Waals surface area contributed by atoms with Gasteiger partial charge in [-0.1, -0.05) is 6.92 Å². The molecule has 1 aromatic carbocycles. The maximum absolute atomic E-state index is 11.7. The van der Waals surface area contributed by atoms with Crippen LogP contribution < -0.4 is 10.1 Å². The van der Waals surface area contributed by atoms with Crippen molar-refractivity contribution in [3.05, 3.63) is 23.8 Å². The number of benzene rings is 1. The molecule has 5 nitrogen and oxygen atoms in total. The Morgan fingerprint density at radius 1 is 1.50 bits per heavy atom. The lowest BCUT2D eigenvalue weighted by Gasteiger charge is -2.10. The van der Waals surface area contributed by atoms with Gasteiger partial charge in [0.05, 0.1) is 13.0 Å². The van der Waals surface area contributed by atoms with Crippen LogP contribution in [-0.2, 0) is 16.0 Å². The average molecular weight is 249 g/mol. The predicted molar refractivity (Wildman–Crippen MR) is 65.7 cm³/mol. The summed E-state index contributed by atoms with van der Waals surface area (Å²) in [7, 11) is 0. The van der Waals surface area contributed by atoms with Crippen LogP contribution in [0, 0.1) is 5.92 Å². The SMILES string of the molecule is CC(CC(=O)O)C(=O)Nc1ccc2c(c1)CCO2. The monoisotopic (exact) mass is 249 g/mol. The van der Waals surface area contributed by atoms with Gasteiger partial charge in [-0.25, -0.2) is 0 Å². The van der Waals surface area contributed by atoms with Gasteiger partial charge in [0.1, 0.15) is 5.75 Å². The number of carboxylic acids is 1. The minimum atomic E-state index is -0.972. The number of carbonyl (C=O) groups excluding carboxylic acids is 1. The molecule has 0 saturated heterocycles. The van der Waals surface area contributed by atoms with Crippen molar-refractivity contribution in [3.8, 4) is 5.75 Å². The van der Waals surface area contributed by atoms with E-state index in [0.717, 1.165) is 17.7 Å². The maximum Gasteiger partial charge on any atom is 0.304 e. The molecule has 0 fully saturated rings. The lowest BCUT2D eigenvalue weighted by Crippen LogP contribution is -2.22. The van der Waals surface area contributed by atoms with Gasteiger partial charge >= 0.3 is 5.97 Å². The fourth-order valence-corrected chi connectivity index (χ4v) is 1.88. The maximum atomic E-state index is 11.7. The van der Waals surface area contributed by atoms with Crippen LogP contribution in [0.1, 0.15) is 18.9 Å². The topological polar surface area (TPSA) is 75.6 Å². The molecule has 1 aliphatic heterocycles. The Morgan fingerprint density at radius 3 is 3.00 bits per heavy atom. The van der Waals surface area contributed by atoms with Crippen LogP contribution in [0.3, 0.4) is 0 Å². The van der Waals surface area contributed by atoms with Gasteiger partial charge in [-0.3, -0.25) is 9.59 Å². The Bertz CT molecular complexity index is 484. The number of hydrogen-bond acceptors (Lipinski definition) is 3. The molecule has 5 heteroatoms. The van der Waals surface area contributed by atoms with Crippen molar-refractivity contribution in [1.82, 2.24) is 0 Å². The molecule has 96 valence electrons. The van der Waals surface area contributed by atoms with E-state index in [1.807, 2.05) is 12.1 Å². The van der Waals surface area contributed by atoms with Crippen LogP contribution in [0.4, 0.5) is 5.69 Å². The van der Waals surface area contributed by atoms with E-state index in [1.165, 1.54) is 0 Å². The third kappa shape index (κ3) is 2.80. The Kier molecular flexibility index (Phi) is 3.50. The minimum absolute atomic E-state index is 0.167. The van der Waals surface area contributed by atoms with E-state index in [4.69, 9.17) is 9.84 Å². The van der Waals surface area contributed by atoms with Crippen molar-refractivity contribution in [2.24, 2.45) is 5.92 Å². The highest BCUT2D eigenvalue weighted by molar-refractivity contribution is 5.94. The molecule has 1 amide bonds. The molecule has 2 N–H and O–H groups in total. The summed E-state index contributed by atoms with van der Waals surface area (Å²) in [5.74, 6) is -0.949. The van der Waals surface area contributed by atoms with Gasteiger partial charge in [0.15, 0.2) is 0 Å². The van der Waals surface area contributed by atoms with E-state index in [1.54, 1.807) is 13.0 Å². The van der Waals surface area contributed by atoms with Crippen molar-refractivity contribution in [2.75, 3.05) is 11.9 Å². The van der Waals surface area contributed by atoms with Crippen LogP contribution >= 0.6 is 0 Å². The molecule has 2 rings (SSSR count). The third-order valence-corrected chi connectivity index (χ3v) is 2.89. The van der Waals surface area contributed by atoms with Crippen molar-refractivity contribution < 1.29 is 19.4 Å². The molecule has 1 atom stereocenters. The summed E-state index contributed by atoms with van der Waals surface area (Å²) >= 11 is 0. The van der Waals surface area contributed by atoms with Gasteiger partial charge in [0.2, 0.25) is 5.91 Å². The Balaban J connectivity index is 2.01. The van der Waals surface area contributed by atoms with Crippen molar-refractivity contribution in [2.45, 2.75) is 19.8 Å². The van der Waals surface area contributed by atoms with Crippen molar-refractivity contribution >= 4 is 17.6 Å². The minimum Gasteiger partial charge on any atom is -0.493 e. The lowest BCUT2D eigenvalue weighted by molar-refractivity contribution is -0.139. The molecule has 0 spiro atoms. The zero-order valence-electron chi connectivity index (χ0n) is 10.1. The standard InChI is InChI=1S/C13H15NO4/c1-8(6-12(15)16)13(17)14-10-2-3-11-9(7-10)4-5-18-11/h2-3,7-8H,4-6H2,1H3,(H,14,17)(H,15,16). The number of aliphatic carboxylic acids is 1. The van der Waals surface area contributed by atoms with E-state index >= 15 is 0 Å². The molecule has 1 unspecified atom stereocenters. The summed E-state index contributed by atoms with van der Waals surface area (Å²) in [6.07, 6.45) is 0.670. The number of carboxylic acid groups (broad SMARTS) is 1. The predicted octanol–water partition coefficient (Wildman–Crippen LogP) is 1.67. The molecule has 1 heterocycles. The van der Waals surface area contributed by atoms with Gasteiger partial charge in [-0.05, 0) is 23.8 Å². The summed E-state index contributed by atoms with van der Waals surface area (Å²) in [5, 5.41) is 11.3. The van der Waals surface area contributed by atoms with Gasteiger partial charge in [-0.15, -0.1) is 0 Å². The molecule has 0 radical (unpaired) electrons. The lowest BCUT2D eigenvalue weighted by atomic mass is 10.1. The smallest absolute Gasteiger partial charge is 0.304 e. The van der Waals surface area contributed by atoms with Gasteiger partial charge in [0.25, 0.3) is 0 Å². The number of amides is 1. The summed E-state index contributed by atoms with van der Waals surface area (Å²) in [5.41, 5.74) is 1.75. The number of carbonyl (C=O) groups is 2. The molecule has 0 aromatic heterocycles. The summed E-state index contributed by atoms with van der Waals surface area (Å²) in [4.78, 5) is 22.3. The van der Waals surface area contributed by atoms with Crippen molar-refractivity contribution in [3.63, 3.8) is 0 Å². The number of rotatable bonds is 4. The number of ether oxygens (including phenoxy) is 1. The fourth-order valence-electron chi connectivity index (χ4n) is 1.88. The molecule has 18 heavy (non-hydrogen) atoms. The Labute approximate surface area is 105 Å². The summed E-state index contributed by atoms with van der Waals surface area (Å²) < 4.78 is 5.37. The fraction of sp³-hybridized carbons (Fsp3) is 0.385. The second-order valence-corrected chi connectivity index (χ2v) is 4.41. The molecule has 0 bridgehead atoms. The quantitative estimate of drug-likeness (QED) is 0.851. The second-order valence-electron chi connectivity index (χ2n) is 4.41. The van der Waals surface area contributed by atoms with Gasteiger partial charge in [-0.2, -0.15) is 0 Å². The highest BCUT2D eigenvalue weighted by Gasteiger charge is 2.18. The largest absolute Gasteiger partial charge is 0.493 e. The molecule has 1 aromatic rings. The number of hydrogen-bond donors (Lipinski definition) is 2. The van der Waals surface area contributed by atoms with Crippen LogP contribution in [0.2, 0.25) is 0 Å². The number of fused-ring (bicyclic) bond motifs is 1. The zero-order valence-corrected chi connectivity index (χ0v) is 10.1.